The van der Waals surface area contributed by atoms with E-state index in [9.17, 15) is 9.59 Å². The first-order valence-corrected chi connectivity index (χ1v) is 9.91. The van der Waals surface area contributed by atoms with E-state index >= 15 is 0 Å². The standard InChI is InChI=1S/C20H20ClN3O2S/c1-3-22-20(23-14-10-9-13(2)16(21)11-14)27-17-12-18(25)24(19(17)26)15-7-5-4-6-8-15/h4-11,17H,3,12H2,1-2H3,(H,22,23). The van der Waals surface area contributed by atoms with E-state index in [2.05, 4.69) is 10.3 Å². The van der Waals surface area contributed by atoms with Gasteiger partial charge in [-0.05, 0) is 43.7 Å². The summed E-state index contributed by atoms with van der Waals surface area (Å²) in [5.41, 5.74) is 2.38. The summed E-state index contributed by atoms with van der Waals surface area (Å²) in [6.45, 7) is 4.41. The molecule has 140 valence electrons. The fourth-order valence-electron chi connectivity index (χ4n) is 2.72. The van der Waals surface area contributed by atoms with Gasteiger partial charge >= 0.3 is 0 Å². The lowest BCUT2D eigenvalue weighted by atomic mass is 10.2. The first kappa shape index (κ1) is 19.5. The molecule has 1 aliphatic rings. The minimum Gasteiger partial charge on any atom is -0.335 e. The summed E-state index contributed by atoms with van der Waals surface area (Å²) in [7, 11) is 0. The number of aryl methyl sites for hydroxylation is 1. The minimum absolute atomic E-state index is 0.150. The van der Waals surface area contributed by atoms with Gasteiger partial charge in [0.15, 0.2) is 5.17 Å². The number of nitrogens with one attached hydrogen (secondary N) is 1. The number of halogens is 1. The molecule has 5 nitrogen and oxygen atoms in total. The minimum atomic E-state index is -0.503. The lowest BCUT2D eigenvalue weighted by Gasteiger charge is -2.16. The van der Waals surface area contributed by atoms with Crippen LogP contribution in [0.4, 0.5) is 11.4 Å². The van der Waals surface area contributed by atoms with Crippen LogP contribution in [0, 0.1) is 6.92 Å². The first-order valence-electron chi connectivity index (χ1n) is 8.65. The number of hydrogen-bond donors (Lipinski definition) is 1. The Bertz CT molecular complexity index is 886. The van der Waals surface area contributed by atoms with Crippen LogP contribution in [-0.4, -0.2) is 28.8 Å². The van der Waals surface area contributed by atoms with Crippen molar-refractivity contribution in [1.29, 1.82) is 0 Å². The summed E-state index contributed by atoms with van der Waals surface area (Å²) in [5, 5.41) is 3.96. The monoisotopic (exact) mass is 401 g/mol. The predicted octanol–water partition coefficient (Wildman–Crippen LogP) is 4.50. The van der Waals surface area contributed by atoms with Crippen LogP contribution in [-0.2, 0) is 9.59 Å². The molecular weight excluding hydrogens is 382 g/mol. The molecule has 1 saturated heterocycles. The molecule has 2 aromatic carbocycles. The second-order valence-corrected chi connectivity index (χ2v) is 7.68. The van der Waals surface area contributed by atoms with Crippen molar-refractivity contribution >= 4 is 51.7 Å². The number of carbonyl (C=O) groups is 2. The fourth-order valence-corrected chi connectivity index (χ4v) is 3.99. The lowest BCUT2D eigenvalue weighted by Crippen LogP contribution is -2.31. The number of thioether (sulfide) groups is 1. The van der Waals surface area contributed by atoms with E-state index in [0.717, 1.165) is 11.3 Å². The van der Waals surface area contributed by atoms with Gasteiger partial charge in [0.25, 0.3) is 0 Å². The van der Waals surface area contributed by atoms with Crippen LogP contribution in [0.25, 0.3) is 0 Å². The zero-order valence-corrected chi connectivity index (χ0v) is 16.7. The number of hydrogen-bond acceptors (Lipinski definition) is 4. The fraction of sp³-hybridized carbons (Fsp3) is 0.250. The summed E-state index contributed by atoms with van der Waals surface area (Å²) >= 11 is 7.46. The van der Waals surface area contributed by atoms with E-state index in [-0.39, 0.29) is 18.2 Å². The molecule has 0 bridgehead atoms. The summed E-state index contributed by atoms with van der Waals surface area (Å²) in [4.78, 5) is 30.9. The molecule has 2 amide bonds. The molecule has 1 atom stereocenters. The van der Waals surface area contributed by atoms with E-state index in [1.165, 1.54) is 16.7 Å². The molecule has 0 saturated carbocycles. The van der Waals surface area contributed by atoms with Crippen LogP contribution in [0.5, 0.6) is 0 Å². The Morgan fingerprint density at radius 3 is 2.67 bits per heavy atom. The normalized spacial score (nSPS) is 17.5. The second kappa shape index (κ2) is 8.59. The van der Waals surface area contributed by atoms with Crippen molar-refractivity contribution in [3.63, 3.8) is 0 Å². The van der Waals surface area contributed by atoms with Gasteiger partial charge in [-0.25, -0.2) is 4.90 Å². The lowest BCUT2D eigenvalue weighted by molar-refractivity contribution is -0.121. The Morgan fingerprint density at radius 1 is 1.26 bits per heavy atom. The molecule has 1 aliphatic heterocycles. The van der Waals surface area contributed by atoms with Gasteiger partial charge in [0.05, 0.1) is 5.69 Å². The van der Waals surface area contributed by atoms with E-state index in [0.29, 0.717) is 22.4 Å². The Labute approximate surface area is 167 Å². The highest BCUT2D eigenvalue weighted by atomic mass is 35.5. The molecule has 0 aromatic heterocycles. The number of amidine groups is 1. The van der Waals surface area contributed by atoms with Crippen molar-refractivity contribution in [2.75, 3.05) is 16.8 Å². The van der Waals surface area contributed by atoms with Crippen LogP contribution < -0.4 is 10.2 Å². The van der Waals surface area contributed by atoms with E-state index in [1.54, 1.807) is 12.1 Å². The molecule has 0 spiro atoms. The summed E-state index contributed by atoms with van der Waals surface area (Å²) in [6.07, 6.45) is 0.150. The van der Waals surface area contributed by atoms with Crippen molar-refractivity contribution in [3.05, 3.63) is 59.1 Å². The Morgan fingerprint density at radius 2 is 2.00 bits per heavy atom. The van der Waals surface area contributed by atoms with Crippen LogP contribution in [0.15, 0.2) is 53.5 Å². The molecule has 0 radical (unpaired) electrons. The molecule has 1 unspecified atom stereocenters. The molecule has 7 heteroatoms. The smallest absolute Gasteiger partial charge is 0.247 e. The number of para-hydroxylation sites is 1. The highest BCUT2D eigenvalue weighted by Crippen LogP contribution is 2.31. The zero-order valence-electron chi connectivity index (χ0n) is 15.1. The van der Waals surface area contributed by atoms with Crippen LogP contribution >= 0.6 is 23.4 Å². The zero-order chi connectivity index (χ0) is 19.4. The topological polar surface area (TPSA) is 61.8 Å². The van der Waals surface area contributed by atoms with Gasteiger partial charge < -0.3 is 5.32 Å². The van der Waals surface area contributed by atoms with Crippen LogP contribution in [0.3, 0.4) is 0 Å². The second-order valence-electron chi connectivity index (χ2n) is 6.08. The van der Waals surface area contributed by atoms with Crippen molar-refractivity contribution in [1.82, 2.24) is 0 Å². The van der Waals surface area contributed by atoms with Crippen LogP contribution in [0.1, 0.15) is 18.9 Å². The third kappa shape index (κ3) is 4.51. The van der Waals surface area contributed by atoms with Gasteiger partial charge in [-0.15, -0.1) is 0 Å². The molecule has 3 rings (SSSR count). The predicted molar refractivity (Wildman–Crippen MR) is 113 cm³/mol. The van der Waals surface area contributed by atoms with Crippen molar-refractivity contribution < 1.29 is 9.59 Å². The average Bonchev–Trinajstić information content (AvgIpc) is 2.92. The molecule has 1 heterocycles. The third-order valence-electron chi connectivity index (χ3n) is 4.10. The van der Waals surface area contributed by atoms with Crippen molar-refractivity contribution in [3.8, 4) is 0 Å². The molecule has 1 N–H and O–H groups in total. The number of anilines is 2. The third-order valence-corrected chi connectivity index (χ3v) is 5.61. The van der Waals surface area contributed by atoms with Crippen LogP contribution in [0.2, 0.25) is 5.02 Å². The number of rotatable bonds is 4. The highest BCUT2D eigenvalue weighted by Gasteiger charge is 2.40. The van der Waals surface area contributed by atoms with E-state index < -0.39 is 5.25 Å². The SMILES string of the molecule is CCN=C(Nc1ccc(C)c(Cl)c1)SC1CC(=O)N(c2ccccc2)C1=O. The van der Waals surface area contributed by atoms with E-state index in [4.69, 9.17) is 11.6 Å². The molecule has 0 aliphatic carbocycles. The molecule has 1 fully saturated rings. The van der Waals surface area contributed by atoms with E-state index in [1.807, 2.05) is 50.2 Å². The quantitative estimate of drug-likeness (QED) is 0.465. The average molecular weight is 402 g/mol. The highest BCUT2D eigenvalue weighted by molar-refractivity contribution is 8.15. The Kier molecular flexibility index (Phi) is 6.19. The maximum absolute atomic E-state index is 12.8. The molecule has 27 heavy (non-hydrogen) atoms. The molecule has 2 aromatic rings. The van der Waals surface area contributed by atoms with Crippen molar-refractivity contribution in [2.24, 2.45) is 4.99 Å². The summed E-state index contributed by atoms with van der Waals surface area (Å²) < 4.78 is 0. The van der Waals surface area contributed by atoms with Gasteiger partial charge in [0, 0.05) is 23.7 Å². The number of amides is 2. The maximum atomic E-state index is 12.8. The van der Waals surface area contributed by atoms with Crippen molar-refractivity contribution in [2.45, 2.75) is 25.5 Å². The number of aliphatic imine (C=N–C) groups is 1. The molecular formula is C20H20ClN3O2S. The van der Waals surface area contributed by atoms with Gasteiger partial charge in [-0.2, -0.15) is 0 Å². The number of benzene rings is 2. The Balaban J connectivity index is 1.75. The van der Waals surface area contributed by atoms with Gasteiger partial charge in [-0.1, -0.05) is 47.6 Å². The largest absolute Gasteiger partial charge is 0.335 e. The summed E-state index contributed by atoms with van der Waals surface area (Å²) in [5.74, 6) is -0.415. The first-order chi connectivity index (χ1) is 13.0. The maximum Gasteiger partial charge on any atom is 0.247 e. The van der Waals surface area contributed by atoms with Gasteiger partial charge in [0.1, 0.15) is 5.25 Å². The van der Waals surface area contributed by atoms with Gasteiger partial charge in [0.2, 0.25) is 11.8 Å². The number of nitrogens with zero attached hydrogens (tertiary/aromatic N) is 2. The summed E-state index contributed by atoms with van der Waals surface area (Å²) in [6, 6.07) is 14.6. The number of carbonyl (C=O) groups excluding carboxylic acids is 2. The Hall–Kier alpha value is -2.31. The number of imide groups is 1. The van der Waals surface area contributed by atoms with Gasteiger partial charge in [-0.3, -0.25) is 14.6 Å².